The molecule has 2 aliphatic heterocycles. The highest BCUT2D eigenvalue weighted by molar-refractivity contribution is 5.69. The summed E-state index contributed by atoms with van der Waals surface area (Å²) in [7, 11) is 0. The number of esters is 7. The first-order valence-corrected chi connectivity index (χ1v) is 13.2. The van der Waals surface area contributed by atoms with Crippen molar-refractivity contribution >= 4 is 41.8 Å². The van der Waals surface area contributed by atoms with Crippen LogP contribution in [0.15, 0.2) is 0 Å². The Morgan fingerprint density at radius 1 is 0.477 bits per heavy atom. The lowest BCUT2D eigenvalue weighted by Gasteiger charge is -2.47. The zero-order valence-electron chi connectivity index (χ0n) is 25.0. The van der Waals surface area contributed by atoms with E-state index < -0.39 is 116 Å². The second-order valence-corrected chi connectivity index (χ2v) is 9.64. The van der Waals surface area contributed by atoms with Crippen LogP contribution >= 0.6 is 0 Å². The number of halogens is 1. The van der Waals surface area contributed by atoms with Crippen LogP contribution in [0.2, 0.25) is 0 Å². The number of hydrogen-bond acceptors (Lipinski definition) is 17. The van der Waals surface area contributed by atoms with Crippen molar-refractivity contribution in [2.45, 2.75) is 110 Å². The van der Waals surface area contributed by atoms with Crippen LogP contribution in [0.5, 0.6) is 0 Å². The van der Waals surface area contributed by atoms with Crippen molar-refractivity contribution in [1.29, 1.82) is 0 Å². The summed E-state index contributed by atoms with van der Waals surface area (Å²) >= 11 is 0. The van der Waals surface area contributed by atoms with Crippen molar-refractivity contribution in [3.63, 3.8) is 0 Å². The molecule has 17 nitrogen and oxygen atoms in total. The molecule has 18 heteroatoms. The van der Waals surface area contributed by atoms with Crippen molar-refractivity contribution in [2.24, 2.45) is 0 Å². The number of carbonyl (C=O) groups excluding carboxylic acids is 7. The van der Waals surface area contributed by atoms with Gasteiger partial charge in [0.1, 0.15) is 31.5 Å². The molecule has 2 rings (SSSR count). The van der Waals surface area contributed by atoms with Gasteiger partial charge >= 0.3 is 41.8 Å². The van der Waals surface area contributed by atoms with E-state index in [1.807, 2.05) is 0 Å². The van der Waals surface area contributed by atoms with Crippen molar-refractivity contribution in [2.75, 3.05) is 13.2 Å². The van der Waals surface area contributed by atoms with Crippen LogP contribution in [0.3, 0.4) is 0 Å². The Labute approximate surface area is 250 Å². The molecule has 0 N–H and O–H groups in total. The minimum absolute atomic E-state index is 0.604. The summed E-state index contributed by atoms with van der Waals surface area (Å²) in [5, 5.41) is 0. The molecule has 0 aromatic carbocycles. The molecule has 2 fully saturated rings. The lowest BCUT2D eigenvalue weighted by molar-refractivity contribution is -0.351. The van der Waals surface area contributed by atoms with Crippen LogP contribution in [0.25, 0.3) is 0 Å². The molecule has 10 atom stereocenters. The topological polar surface area (TPSA) is 212 Å². The summed E-state index contributed by atoms with van der Waals surface area (Å²) in [6.45, 7) is 5.84. The summed E-state index contributed by atoms with van der Waals surface area (Å²) < 4.78 is 68.7. The third-order valence-corrected chi connectivity index (χ3v) is 5.87. The Kier molecular flexibility index (Phi) is 13.4. The number of rotatable bonds is 11. The summed E-state index contributed by atoms with van der Waals surface area (Å²) in [5.41, 5.74) is 0. The molecule has 0 radical (unpaired) electrons. The van der Waals surface area contributed by atoms with Crippen LogP contribution in [0.4, 0.5) is 4.39 Å². The van der Waals surface area contributed by atoms with Gasteiger partial charge in [0.2, 0.25) is 6.36 Å². The minimum atomic E-state index is -2.44. The highest BCUT2D eigenvalue weighted by Crippen LogP contribution is 2.35. The summed E-state index contributed by atoms with van der Waals surface area (Å²) in [5.74, 6) is -6.26. The molecule has 0 bridgehead atoms. The molecule has 0 saturated carbocycles. The predicted octanol–water partition coefficient (Wildman–Crippen LogP) is -0.424. The Bertz CT molecular complexity index is 1090. The SMILES string of the molecule is CC(=O)OC[C@H]1O[C@@H](F)[C@H](OC(C)=O)[C@@H](O[C@@H]2O[C@H](COC(C)=O)[C@@H](OC(C)=O)[C@H](OC(C)=O)[C@H]2OC(C)=O)[C@@H]1OC(C)=O. The van der Waals surface area contributed by atoms with Gasteiger partial charge in [-0.2, -0.15) is 0 Å². The molecule has 0 aromatic heterocycles. The average molecular weight is 639 g/mol. The molecule has 0 spiro atoms. The maximum Gasteiger partial charge on any atom is 0.303 e. The summed E-state index contributed by atoms with van der Waals surface area (Å²) in [6, 6.07) is 0. The number of hydrogen-bond donors (Lipinski definition) is 0. The minimum Gasteiger partial charge on any atom is -0.463 e. The van der Waals surface area contributed by atoms with Gasteiger partial charge in [-0.15, -0.1) is 0 Å². The van der Waals surface area contributed by atoms with Crippen molar-refractivity contribution < 1.29 is 85.3 Å². The molecule has 44 heavy (non-hydrogen) atoms. The van der Waals surface area contributed by atoms with Gasteiger partial charge in [-0.25, -0.2) is 4.39 Å². The quantitative estimate of drug-likeness (QED) is 0.207. The fourth-order valence-corrected chi connectivity index (χ4v) is 4.46. The largest absolute Gasteiger partial charge is 0.463 e. The maximum absolute atomic E-state index is 15.4. The van der Waals surface area contributed by atoms with Gasteiger partial charge in [-0.05, 0) is 0 Å². The van der Waals surface area contributed by atoms with E-state index in [1.165, 1.54) is 0 Å². The molecule has 0 aliphatic carbocycles. The number of carbonyl (C=O) groups is 7. The van der Waals surface area contributed by atoms with E-state index in [0.717, 1.165) is 48.5 Å². The molecule has 0 aromatic rings. The van der Waals surface area contributed by atoms with Gasteiger partial charge in [-0.1, -0.05) is 0 Å². The van der Waals surface area contributed by atoms with E-state index in [-0.39, 0.29) is 0 Å². The van der Waals surface area contributed by atoms with Crippen molar-refractivity contribution in [1.82, 2.24) is 0 Å². The van der Waals surface area contributed by atoms with Crippen molar-refractivity contribution in [3.8, 4) is 0 Å². The molecule has 2 saturated heterocycles. The second-order valence-electron chi connectivity index (χ2n) is 9.64. The van der Waals surface area contributed by atoms with Gasteiger partial charge in [0.25, 0.3) is 0 Å². The monoisotopic (exact) mass is 638 g/mol. The standard InChI is InChI=1S/C26H35FO17/c1-10(28)35-8-17-19(37-12(3)30)21(23(25(27)42-17)40-15(6)33)44-26-24(41-16(7)34)22(39-14(5)32)20(38-13(4)31)18(43-26)9-36-11(2)29/h17-26H,8-9H2,1-7H3/t17-,18-,19-,20-,21+,22+,23-,24-,25-,26+/m1/s1. The third kappa shape index (κ3) is 10.7. The smallest absolute Gasteiger partial charge is 0.303 e. The van der Waals surface area contributed by atoms with E-state index >= 15 is 4.39 Å². The number of ether oxygens (including phenoxy) is 10. The summed E-state index contributed by atoms with van der Waals surface area (Å²) in [4.78, 5) is 83.3. The highest BCUT2D eigenvalue weighted by Gasteiger charge is 2.57. The lowest BCUT2D eigenvalue weighted by Crippen LogP contribution is -2.66. The first-order valence-electron chi connectivity index (χ1n) is 13.2. The first-order chi connectivity index (χ1) is 20.5. The second kappa shape index (κ2) is 16.2. The van der Waals surface area contributed by atoms with Gasteiger partial charge < -0.3 is 47.4 Å². The van der Waals surface area contributed by atoms with E-state index in [1.54, 1.807) is 0 Å². The zero-order chi connectivity index (χ0) is 33.3. The van der Waals surface area contributed by atoms with E-state index in [4.69, 9.17) is 47.4 Å². The normalized spacial score (nSPS) is 31.5. The Morgan fingerprint density at radius 2 is 0.841 bits per heavy atom. The van der Waals surface area contributed by atoms with Crippen LogP contribution in [-0.4, -0.2) is 116 Å². The molecule has 248 valence electrons. The zero-order valence-corrected chi connectivity index (χ0v) is 25.0. The predicted molar refractivity (Wildman–Crippen MR) is 134 cm³/mol. The summed E-state index contributed by atoms with van der Waals surface area (Å²) in [6.07, 6.45) is -17.6. The van der Waals surface area contributed by atoms with Gasteiger partial charge in [0, 0.05) is 48.5 Å². The van der Waals surface area contributed by atoms with Gasteiger partial charge in [0.05, 0.1) is 0 Å². The molecule has 2 heterocycles. The Balaban J connectivity index is 2.66. The Morgan fingerprint density at radius 3 is 1.27 bits per heavy atom. The molecule has 2 aliphatic rings. The highest BCUT2D eigenvalue weighted by atomic mass is 19.1. The lowest BCUT2D eigenvalue weighted by atomic mass is 9.96. The fourth-order valence-electron chi connectivity index (χ4n) is 4.46. The van der Waals surface area contributed by atoms with Gasteiger partial charge in [-0.3, -0.25) is 33.6 Å². The fraction of sp³-hybridized carbons (Fsp3) is 0.731. The molecular weight excluding hydrogens is 603 g/mol. The Hall–Kier alpha value is -3.90. The van der Waals surface area contributed by atoms with E-state index in [0.29, 0.717) is 0 Å². The van der Waals surface area contributed by atoms with E-state index in [2.05, 4.69) is 0 Å². The van der Waals surface area contributed by atoms with Crippen LogP contribution in [0.1, 0.15) is 48.5 Å². The molecule has 0 unspecified atom stereocenters. The van der Waals surface area contributed by atoms with E-state index in [9.17, 15) is 33.6 Å². The van der Waals surface area contributed by atoms with Crippen molar-refractivity contribution in [3.05, 3.63) is 0 Å². The molecular formula is C26H35FO17. The van der Waals surface area contributed by atoms with Crippen LogP contribution in [-0.2, 0) is 80.9 Å². The molecule has 0 amide bonds. The van der Waals surface area contributed by atoms with Crippen LogP contribution < -0.4 is 0 Å². The first kappa shape index (κ1) is 36.3. The average Bonchev–Trinajstić information content (AvgIpc) is 2.87. The van der Waals surface area contributed by atoms with Gasteiger partial charge in [0.15, 0.2) is 36.8 Å². The third-order valence-electron chi connectivity index (χ3n) is 5.87. The number of alkyl halides is 1. The maximum atomic E-state index is 15.4. The van der Waals surface area contributed by atoms with Crippen LogP contribution in [0, 0.1) is 0 Å².